The van der Waals surface area contributed by atoms with Crippen LogP contribution in [-0.2, 0) is 9.59 Å². The Hall–Kier alpha value is -1.10. The molecule has 0 bridgehead atoms. The zero-order chi connectivity index (χ0) is 11.3. The van der Waals surface area contributed by atoms with E-state index in [0.29, 0.717) is 0 Å². The molecular formula is C9H20N3O2+. The zero-order valence-corrected chi connectivity index (χ0v) is 9.04. The molecular weight excluding hydrogens is 182 g/mol. The molecule has 5 nitrogen and oxygen atoms in total. The van der Waals surface area contributed by atoms with E-state index in [-0.39, 0.29) is 17.9 Å². The fourth-order valence-electron chi connectivity index (χ4n) is 0.934. The predicted octanol–water partition coefficient (Wildman–Crippen LogP) is -1.37. The van der Waals surface area contributed by atoms with Crippen LogP contribution in [0, 0.1) is 5.92 Å². The number of primary amides is 1. The number of carbonyl (C=O) groups excluding carboxylic acids is 2. The van der Waals surface area contributed by atoms with Gasteiger partial charge in [-0.1, -0.05) is 13.8 Å². The molecule has 0 aromatic heterocycles. The van der Waals surface area contributed by atoms with E-state index in [4.69, 9.17) is 5.73 Å². The standard InChI is InChI=1S/C9H19N3O2/c1-4-5(2)7(10)9(14)12-6(3)8(11)13/h5-7H,4,10H2,1-3H3,(H2,11,13)(H,12,14)/p+1/t5-,6-,7-/m0/s1. The van der Waals surface area contributed by atoms with Crippen LogP contribution in [0.15, 0.2) is 0 Å². The van der Waals surface area contributed by atoms with E-state index >= 15 is 0 Å². The Labute approximate surface area is 84.2 Å². The summed E-state index contributed by atoms with van der Waals surface area (Å²) >= 11 is 0. The second-order valence-corrected chi connectivity index (χ2v) is 3.62. The number of hydrogen-bond acceptors (Lipinski definition) is 2. The summed E-state index contributed by atoms with van der Waals surface area (Å²) in [6.45, 7) is 5.50. The minimum absolute atomic E-state index is 0.204. The van der Waals surface area contributed by atoms with Crippen LogP contribution in [0.2, 0.25) is 0 Å². The van der Waals surface area contributed by atoms with Gasteiger partial charge in [0.1, 0.15) is 6.04 Å². The van der Waals surface area contributed by atoms with Gasteiger partial charge < -0.3 is 16.8 Å². The third kappa shape index (κ3) is 3.74. The molecule has 0 unspecified atom stereocenters. The SMILES string of the molecule is CC[C@H](C)[C@H]([NH3+])C(=O)N[C@@H](C)C(N)=O. The largest absolute Gasteiger partial charge is 0.368 e. The molecule has 14 heavy (non-hydrogen) atoms. The van der Waals surface area contributed by atoms with E-state index in [1.54, 1.807) is 6.92 Å². The van der Waals surface area contributed by atoms with Gasteiger partial charge in [0.05, 0.1) is 0 Å². The smallest absolute Gasteiger partial charge is 0.279 e. The summed E-state index contributed by atoms with van der Waals surface area (Å²) in [6.07, 6.45) is 0.881. The Kier molecular flexibility index (Phi) is 5.15. The molecule has 0 aliphatic rings. The zero-order valence-electron chi connectivity index (χ0n) is 9.04. The third-order valence-electron chi connectivity index (χ3n) is 2.45. The van der Waals surface area contributed by atoms with Crippen molar-refractivity contribution in [1.29, 1.82) is 0 Å². The van der Waals surface area contributed by atoms with E-state index in [0.717, 1.165) is 6.42 Å². The summed E-state index contributed by atoms with van der Waals surface area (Å²) in [5, 5.41) is 2.52. The number of amides is 2. The maximum Gasteiger partial charge on any atom is 0.279 e. The number of nitrogens with two attached hydrogens (primary N) is 1. The summed E-state index contributed by atoms with van der Waals surface area (Å²) in [6, 6.07) is -0.961. The summed E-state index contributed by atoms with van der Waals surface area (Å²) in [4.78, 5) is 22.2. The first-order chi connectivity index (χ1) is 6.40. The molecule has 3 atom stereocenters. The Morgan fingerprint density at radius 2 is 1.93 bits per heavy atom. The predicted molar refractivity (Wildman–Crippen MR) is 52.9 cm³/mol. The minimum Gasteiger partial charge on any atom is -0.368 e. The molecule has 82 valence electrons. The highest BCUT2D eigenvalue weighted by Gasteiger charge is 2.25. The molecule has 0 heterocycles. The van der Waals surface area contributed by atoms with Crippen LogP contribution in [0.25, 0.3) is 0 Å². The van der Waals surface area contributed by atoms with Crippen molar-refractivity contribution in [3.8, 4) is 0 Å². The maximum atomic E-state index is 11.5. The van der Waals surface area contributed by atoms with Gasteiger partial charge >= 0.3 is 0 Å². The van der Waals surface area contributed by atoms with Gasteiger partial charge in [-0.2, -0.15) is 0 Å². The molecule has 0 saturated carbocycles. The molecule has 0 aliphatic carbocycles. The summed E-state index contributed by atoms with van der Waals surface area (Å²) in [5.41, 5.74) is 8.78. The molecule has 0 fully saturated rings. The van der Waals surface area contributed by atoms with Gasteiger partial charge in [0, 0.05) is 5.92 Å². The van der Waals surface area contributed by atoms with E-state index in [1.807, 2.05) is 13.8 Å². The van der Waals surface area contributed by atoms with E-state index in [9.17, 15) is 9.59 Å². The first-order valence-corrected chi connectivity index (χ1v) is 4.82. The maximum absolute atomic E-state index is 11.5. The second-order valence-electron chi connectivity index (χ2n) is 3.62. The number of hydrogen-bond donors (Lipinski definition) is 3. The van der Waals surface area contributed by atoms with Crippen LogP contribution in [-0.4, -0.2) is 23.9 Å². The molecule has 0 aliphatic heterocycles. The van der Waals surface area contributed by atoms with Crippen LogP contribution >= 0.6 is 0 Å². The van der Waals surface area contributed by atoms with Crippen LogP contribution in [0.5, 0.6) is 0 Å². The summed E-state index contributed by atoms with van der Waals surface area (Å²) in [7, 11) is 0. The molecule has 0 aromatic carbocycles. The molecule has 0 radical (unpaired) electrons. The van der Waals surface area contributed by atoms with E-state index in [2.05, 4.69) is 11.1 Å². The van der Waals surface area contributed by atoms with Gasteiger partial charge in [-0.3, -0.25) is 9.59 Å². The number of carbonyl (C=O) groups is 2. The van der Waals surface area contributed by atoms with Gasteiger partial charge in [0.15, 0.2) is 6.04 Å². The van der Waals surface area contributed by atoms with Gasteiger partial charge in [-0.15, -0.1) is 0 Å². The lowest BCUT2D eigenvalue weighted by molar-refractivity contribution is -0.415. The molecule has 6 N–H and O–H groups in total. The highest BCUT2D eigenvalue weighted by Crippen LogP contribution is 2.03. The molecule has 2 amide bonds. The van der Waals surface area contributed by atoms with Crippen LogP contribution in [0.3, 0.4) is 0 Å². The lowest BCUT2D eigenvalue weighted by Crippen LogP contribution is -2.71. The van der Waals surface area contributed by atoms with Gasteiger partial charge in [0.2, 0.25) is 5.91 Å². The fraction of sp³-hybridized carbons (Fsp3) is 0.778. The summed E-state index contributed by atoms with van der Waals surface area (Å²) < 4.78 is 0. The van der Waals surface area contributed by atoms with Gasteiger partial charge in [-0.05, 0) is 13.3 Å². The van der Waals surface area contributed by atoms with E-state index < -0.39 is 11.9 Å². The molecule has 0 aromatic rings. The second kappa shape index (κ2) is 5.59. The van der Waals surface area contributed by atoms with Crippen molar-refractivity contribution in [3.63, 3.8) is 0 Å². The van der Waals surface area contributed by atoms with Gasteiger partial charge in [-0.25, -0.2) is 0 Å². The number of nitrogens with one attached hydrogen (secondary N) is 1. The van der Waals surface area contributed by atoms with Crippen molar-refractivity contribution < 1.29 is 15.3 Å². The lowest BCUT2D eigenvalue weighted by Gasteiger charge is -2.16. The highest BCUT2D eigenvalue weighted by atomic mass is 16.2. The normalized spacial score (nSPS) is 16.9. The highest BCUT2D eigenvalue weighted by molar-refractivity contribution is 5.88. The molecule has 5 heteroatoms. The first-order valence-electron chi connectivity index (χ1n) is 4.82. The molecule has 0 spiro atoms. The number of quaternary nitrogens is 1. The minimum atomic E-state index is -0.629. The van der Waals surface area contributed by atoms with Crippen molar-refractivity contribution in [2.24, 2.45) is 11.7 Å². The molecule has 0 rings (SSSR count). The van der Waals surface area contributed by atoms with Crippen molar-refractivity contribution >= 4 is 11.8 Å². The topological polar surface area (TPSA) is 99.8 Å². The molecule has 0 saturated heterocycles. The fourth-order valence-corrected chi connectivity index (χ4v) is 0.934. The van der Waals surface area contributed by atoms with Crippen LogP contribution in [0.1, 0.15) is 27.2 Å². The Morgan fingerprint density at radius 3 is 2.29 bits per heavy atom. The third-order valence-corrected chi connectivity index (χ3v) is 2.45. The Morgan fingerprint density at radius 1 is 1.43 bits per heavy atom. The first kappa shape index (κ1) is 12.9. The van der Waals surface area contributed by atoms with E-state index in [1.165, 1.54) is 0 Å². The number of rotatable bonds is 5. The average Bonchev–Trinajstić information content (AvgIpc) is 2.14. The van der Waals surface area contributed by atoms with Crippen molar-refractivity contribution in [3.05, 3.63) is 0 Å². The van der Waals surface area contributed by atoms with Crippen molar-refractivity contribution in [2.45, 2.75) is 39.3 Å². The van der Waals surface area contributed by atoms with Crippen molar-refractivity contribution in [1.82, 2.24) is 5.32 Å². The quantitative estimate of drug-likeness (QED) is 0.512. The van der Waals surface area contributed by atoms with Crippen LogP contribution < -0.4 is 16.8 Å². The lowest BCUT2D eigenvalue weighted by atomic mass is 9.99. The van der Waals surface area contributed by atoms with Crippen LogP contribution in [0.4, 0.5) is 0 Å². The monoisotopic (exact) mass is 202 g/mol. The van der Waals surface area contributed by atoms with Crippen molar-refractivity contribution in [2.75, 3.05) is 0 Å². The Bertz CT molecular complexity index is 218. The average molecular weight is 202 g/mol. The van der Waals surface area contributed by atoms with Gasteiger partial charge in [0.25, 0.3) is 5.91 Å². The Balaban J connectivity index is 4.14. The summed E-state index contributed by atoms with van der Waals surface area (Å²) in [5.74, 6) is -0.546.